The third-order valence-electron chi connectivity index (χ3n) is 9.95. The van der Waals surface area contributed by atoms with Gasteiger partial charge in [-0.05, 0) is 55.2 Å². The maximum Gasteiger partial charge on any atom is 0.255 e. The number of rotatable bonds is 19. The number of nitrogens with zero attached hydrogens (tertiary/aromatic N) is 3. The molecule has 54 heavy (non-hydrogen) atoms. The van der Waals surface area contributed by atoms with Crippen LogP contribution in [0, 0.1) is 5.41 Å². The van der Waals surface area contributed by atoms with Crippen molar-refractivity contribution in [3.05, 3.63) is 64.8 Å². The Morgan fingerprint density at radius 3 is 2.61 bits per heavy atom. The smallest absolute Gasteiger partial charge is 0.255 e. The van der Waals surface area contributed by atoms with Gasteiger partial charge >= 0.3 is 0 Å². The van der Waals surface area contributed by atoms with Crippen LogP contribution in [0.2, 0.25) is 0 Å². The van der Waals surface area contributed by atoms with Crippen LogP contribution >= 0.6 is 11.3 Å². The molecule has 1 saturated carbocycles. The number of benzene rings is 1. The van der Waals surface area contributed by atoms with E-state index in [1.807, 2.05) is 23.6 Å². The van der Waals surface area contributed by atoms with Crippen molar-refractivity contribution in [2.75, 3.05) is 56.7 Å². The first kappa shape index (κ1) is 38.9. The molecule has 6 rings (SSSR count). The Labute approximate surface area is 318 Å². The van der Waals surface area contributed by atoms with E-state index in [-0.39, 0.29) is 49.6 Å². The highest BCUT2D eigenvalue weighted by molar-refractivity contribution is 7.13. The standard InChI is InChI=1S/C38H48N8O7S/c47-32-10-9-30(34(49)45-32)46-25-26-23-27(7-8-29(26)35(46)50)43-33(48)11-18-52-20-21-53-19-16-39-14-15-40-36(51)38(12-2-1-3-13-38)24-28-5-4-6-31(42-28)44-37-41-17-22-54-37/h4-8,17,22-23,30,39H,1-3,9-16,18-21,24-25H2,(H,40,51)(H,43,48)(H,41,42,44)(H,45,47,49). The van der Waals surface area contributed by atoms with E-state index >= 15 is 0 Å². The molecule has 2 fully saturated rings. The van der Waals surface area contributed by atoms with Gasteiger partial charge in [-0.3, -0.25) is 29.3 Å². The fourth-order valence-corrected chi connectivity index (χ4v) is 7.72. The van der Waals surface area contributed by atoms with Crippen molar-refractivity contribution in [2.24, 2.45) is 5.41 Å². The summed E-state index contributed by atoms with van der Waals surface area (Å²) in [5, 5.41) is 17.5. The molecule has 1 aliphatic carbocycles. The first-order valence-electron chi connectivity index (χ1n) is 18.6. The van der Waals surface area contributed by atoms with Crippen molar-refractivity contribution in [1.29, 1.82) is 0 Å². The number of hydrogen-bond donors (Lipinski definition) is 5. The number of nitrogens with one attached hydrogen (secondary N) is 5. The number of carbonyl (C=O) groups is 5. The van der Waals surface area contributed by atoms with Crippen molar-refractivity contribution in [3.8, 4) is 0 Å². The van der Waals surface area contributed by atoms with Crippen LogP contribution in [0.3, 0.4) is 0 Å². The average Bonchev–Trinajstić information content (AvgIpc) is 3.79. The number of amides is 5. The Morgan fingerprint density at radius 1 is 0.981 bits per heavy atom. The normalized spacial score (nSPS) is 17.9. The number of aromatic nitrogens is 2. The Kier molecular flexibility index (Phi) is 13.7. The van der Waals surface area contributed by atoms with Gasteiger partial charge in [0, 0.05) is 67.5 Å². The van der Waals surface area contributed by atoms with E-state index in [0.717, 1.165) is 54.3 Å². The number of piperidine rings is 1. The quantitative estimate of drug-likeness (QED) is 0.0890. The molecule has 0 radical (unpaired) electrons. The van der Waals surface area contributed by atoms with E-state index in [1.165, 1.54) is 16.2 Å². The van der Waals surface area contributed by atoms with E-state index in [2.05, 4.69) is 31.6 Å². The third kappa shape index (κ3) is 10.5. The summed E-state index contributed by atoms with van der Waals surface area (Å²) in [6, 6.07) is 10.2. The van der Waals surface area contributed by atoms with Gasteiger partial charge in [-0.2, -0.15) is 0 Å². The lowest BCUT2D eigenvalue weighted by Gasteiger charge is -2.35. The predicted molar refractivity (Wildman–Crippen MR) is 202 cm³/mol. The van der Waals surface area contributed by atoms with E-state index in [4.69, 9.17) is 14.5 Å². The number of thiazole rings is 1. The predicted octanol–water partition coefficient (Wildman–Crippen LogP) is 3.30. The van der Waals surface area contributed by atoms with Gasteiger partial charge in [0.1, 0.15) is 11.9 Å². The van der Waals surface area contributed by atoms with Gasteiger partial charge in [-0.15, -0.1) is 11.3 Å². The van der Waals surface area contributed by atoms with Crippen molar-refractivity contribution >= 4 is 57.5 Å². The highest BCUT2D eigenvalue weighted by Gasteiger charge is 2.40. The molecule has 16 heteroatoms. The Balaban J connectivity index is 0.805. The highest BCUT2D eigenvalue weighted by atomic mass is 32.1. The van der Waals surface area contributed by atoms with E-state index < -0.39 is 17.4 Å². The van der Waals surface area contributed by atoms with Gasteiger partial charge in [0.2, 0.25) is 23.6 Å². The zero-order valence-electron chi connectivity index (χ0n) is 30.3. The maximum atomic E-state index is 13.5. The second-order valence-corrected chi connectivity index (χ2v) is 14.7. The number of ether oxygens (including phenoxy) is 2. The van der Waals surface area contributed by atoms with E-state index in [0.29, 0.717) is 63.5 Å². The van der Waals surface area contributed by atoms with E-state index in [9.17, 15) is 24.0 Å². The van der Waals surface area contributed by atoms with Crippen LogP contribution < -0.4 is 26.6 Å². The van der Waals surface area contributed by atoms with Crippen molar-refractivity contribution in [3.63, 3.8) is 0 Å². The number of anilines is 3. The second-order valence-electron chi connectivity index (χ2n) is 13.8. The van der Waals surface area contributed by atoms with Gasteiger partial charge in [-0.1, -0.05) is 25.3 Å². The van der Waals surface area contributed by atoms with E-state index in [1.54, 1.807) is 24.4 Å². The van der Waals surface area contributed by atoms with Crippen LogP contribution in [0.15, 0.2) is 48.0 Å². The molecule has 1 aromatic carbocycles. The molecule has 5 amide bonds. The molecular weight excluding hydrogens is 713 g/mol. The average molecular weight is 761 g/mol. The van der Waals surface area contributed by atoms with Crippen molar-refractivity contribution in [1.82, 2.24) is 30.8 Å². The zero-order chi connectivity index (χ0) is 37.8. The molecule has 3 aliphatic rings. The highest BCUT2D eigenvalue weighted by Crippen LogP contribution is 2.39. The number of fused-ring (bicyclic) bond motifs is 1. The van der Waals surface area contributed by atoms with Gasteiger partial charge in [-0.25, -0.2) is 9.97 Å². The lowest BCUT2D eigenvalue weighted by Crippen LogP contribution is -2.52. The van der Waals surface area contributed by atoms with Gasteiger partial charge in [0.15, 0.2) is 5.13 Å². The van der Waals surface area contributed by atoms with Crippen LogP contribution in [-0.2, 0) is 41.6 Å². The number of pyridine rings is 1. The molecule has 1 unspecified atom stereocenters. The summed E-state index contributed by atoms with van der Waals surface area (Å²) in [6.07, 6.45) is 7.91. The number of carbonyl (C=O) groups excluding carboxylic acids is 5. The van der Waals surface area contributed by atoms with Crippen LogP contribution in [0.1, 0.15) is 73.0 Å². The minimum Gasteiger partial charge on any atom is -0.379 e. The molecular formula is C38H48N8O7S. The summed E-state index contributed by atoms with van der Waals surface area (Å²) in [7, 11) is 0. The number of imide groups is 1. The molecule has 1 atom stereocenters. The molecule has 15 nitrogen and oxygen atoms in total. The summed E-state index contributed by atoms with van der Waals surface area (Å²) < 4.78 is 11.2. The summed E-state index contributed by atoms with van der Waals surface area (Å²) in [4.78, 5) is 73.2. The van der Waals surface area contributed by atoms with Crippen molar-refractivity contribution < 1.29 is 33.4 Å². The molecule has 5 N–H and O–H groups in total. The summed E-state index contributed by atoms with van der Waals surface area (Å²) in [6.45, 7) is 3.47. The molecule has 0 spiro atoms. The SMILES string of the molecule is O=C1CCC(N2Cc3cc(NC(=O)CCOCCOCCNCCNC(=O)C4(Cc5cccc(Nc6nccs6)n5)CCCCC4)ccc3C2=O)C(=O)N1. The van der Waals surface area contributed by atoms with Gasteiger partial charge in [0.05, 0.1) is 38.3 Å². The van der Waals surface area contributed by atoms with Gasteiger partial charge in [0.25, 0.3) is 5.91 Å². The Hall–Kier alpha value is -4.77. The second kappa shape index (κ2) is 19.0. The minimum atomic E-state index is -0.686. The molecule has 0 bridgehead atoms. The molecule has 288 valence electrons. The van der Waals surface area contributed by atoms with Crippen LogP contribution in [0.25, 0.3) is 0 Å². The Bertz CT molecular complexity index is 1780. The lowest BCUT2D eigenvalue weighted by atomic mass is 9.70. The topological polar surface area (TPSA) is 193 Å². The zero-order valence-corrected chi connectivity index (χ0v) is 31.1. The maximum absolute atomic E-state index is 13.5. The molecule has 2 aliphatic heterocycles. The molecule has 4 heterocycles. The van der Waals surface area contributed by atoms with Crippen LogP contribution in [0.4, 0.5) is 16.6 Å². The summed E-state index contributed by atoms with van der Waals surface area (Å²) in [5.41, 5.74) is 2.20. The first-order valence-corrected chi connectivity index (χ1v) is 19.5. The Morgan fingerprint density at radius 2 is 1.81 bits per heavy atom. The summed E-state index contributed by atoms with van der Waals surface area (Å²) in [5.74, 6) is -0.456. The summed E-state index contributed by atoms with van der Waals surface area (Å²) >= 11 is 1.51. The van der Waals surface area contributed by atoms with Crippen LogP contribution in [0.5, 0.6) is 0 Å². The fraction of sp³-hybridized carbons (Fsp3) is 0.500. The van der Waals surface area contributed by atoms with Crippen LogP contribution in [-0.4, -0.2) is 96.5 Å². The fourth-order valence-electron chi connectivity index (χ4n) is 7.19. The lowest BCUT2D eigenvalue weighted by molar-refractivity contribution is -0.137. The minimum absolute atomic E-state index is 0.0910. The first-order chi connectivity index (χ1) is 26.3. The molecule has 2 aromatic heterocycles. The molecule has 3 aromatic rings. The molecule has 1 saturated heterocycles. The number of hydrogen-bond acceptors (Lipinski definition) is 12. The monoisotopic (exact) mass is 760 g/mol. The largest absolute Gasteiger partial charge is 0.379 e. The van der Waals surface area contributed by atoms with Gasteiger partial charge < -0.3 is 35.6 Å². The third-order valence-corrected chi connectivity index (χ3v) is 10.6. The van der Waals surface area contributed by atoms with Crippen molar-refractivity contribution in [2.45, 2.75) is 70.4 Å².